The smallest absolute Gasteiger partial charge is 0.0778 e. The molecule has 0 unspecified atom stereocenters. The number of thioether (sulfide) groups is 1. The fourth-order valence-electron chi connectivity index (χ4n) is 0.986. The zero-order valence-corrected chi connectivity index (χ0v) is 8.97. The predicted octanol–water partition coefficient (Wildman–Crippen LogP) is 3.42. The van der Waals surface area contributed by atoms with Crippen LogP contribution in [-0.2, 0) is 0 Å². The average molecular weight is 196 g/mol. The van der Waals surface area contributed by atoms with Crippen LogP contribution in [-0.4, -0.2) is 9.95 Å². The Morgan fingerprint density at radius 3 is 2.83 bits per heavy atom. The Morgan fingerprint density at radius 2 is 2.25 bits per heavy atom. The van der Waals surface area contributed by atoms with Crippen LogP contribution in [0.2, 0.25) is 0 Å². The largest absolute Gasteiger partial charge is 0.114 e. The first-order chi connectivity index (χ1) is 5.74. The van der Waals surface area contributed by atoms with Gasteiger partial charge < -0.3 is 0 Å². The minimum absolute atomic E-state index is 1.00. The average Bonchev–Trinajstić information content (AvgIpc) is 2.05. The minimum atomic E-state index is 1.00. The van der Waals surface area contributed by atoms with E-state index in [1.807, 2.05) is 6.07 Å². The van der Waals surface area contributed by atoms with Crippen molar-refractivity contribution in [1.29, 1.82) is 0 Å². The van der Waals surface area contributed by atoms with Crippen molar-refractivity contribution in [2.75, 3.05) is 5.75 Å². The molecule has 0 aliphatic carbocycles. The van der Waals surface area contributed by atoms with Crippen molar-refractivity contribution in [1.82, 2.24) is 0 Å². The quantitative estimate of drug-likeness (QED) is 0.665. The lowest BCUT2D eigenvalue weighted by Gasteiger charge is -2.01. The van der Waals surface area contributed by atoms with Gasteiger partial charge in [-0.05, 0) is 18.2 Å². The molecule has 0 saturated heterocycles. The molecule has 1 aromatic rings. The third-order valence-corrected chi connectivity index (χ3v) is 2.91. The highest BCUT2D eigenvalue weighted by atomic mass is 32.2. The molecule has 0 aliphatic rings. The van der Waals surface area contributed by atoms with Crippen molar-refractivity contribution < 1.29 is 0 Å². The van der Waals surface area contributed by atoms with Gasteiger partial charge in [-0.25, -0.2) is 0 Å². The summed E-state index contributed by atoms with van der Waals surface area (Å²) in [5.41, 5.74) is 2.45. The highest BCUT2D eigenvalue weighted by Gasteiger charge is 1.99. The van der Waals surface area contributed by atoms with Crippen LogP contribution in [0.3, 0.4) is 0 Å². The Labute approximate surface area is 83.4 Å². The summed E-state index contributed by atoms with van der Waals surface area (Å²) < 4.78 is 1.00. The molecule has 0 amide bonds. The molecule has 64 valence electrons. The second-order valence-corrected chi connectivity index (χ2v) is 4.53. The van der Waals surface area contributed by atoms with E-state index < -0.39 is 0 Å². The Bertz CT molecular complexity index is 279. The first-order valence-corrected chi connectivity index (χ1v) is 5.37. The maximum absolute atomic E-state index is 5.24. The van der Waals surface area contributed by atoms with E-state index in [1.165, 1.54) is 11.1 Å². The van der Waals surface area contributed by atoms with Gasteiger partial charge in [0.25, 0.3) is 0 Å². The van der Waals surface area contributed by atoms with E-state index in [1.54, 1.807) is 11.8 Å². The van der Waals surface area contributed by atoms with Crippen LogP contribution in [0.5, 0.6) is 0 Å². The molecule has 0 atom stereocenters. The van der Waals surface area contributed by atoms with E-state index in [-0.39, 0.29) is 0 Å². The molecule has 0 fully saturated rings. The lowest BCUT2D eigenvalue weighted by molar-refractivity contribution is 1.47. The van der Waals surface area contributed by atoms with Gasteiger partial charge in [-0.2, -0.15) is 0 Å². The topological polar surface area (TPSA) is 0 Å². The van der Waals surface area contributed by atoms with Gasteiger partial charge in [-0.1, -0.05) is 49.0 Å². The Kier molecular flexibility index (Phi) is 3.76. The summed E-state index contributed by atoms with van der Waals surface area (Å²) in [6.07, 6.45) is 0. The summed E-state index contributed by atoms with van der Waals surface area (Å²) in [5, 5.41) is 0. The summed E-state index contributed by atoms with van der Waals surface area (Å²) in [6, 6.07) is 8.33. The third kappa shape index (κ3) is 2.61. The van der Waals surface area contributed by atoms with Crippen LogP contribution in [0.4, 0.5) is 0 Å². The van der Waals surface area contributed by atoms with Gasteiger partial charge in [0, 0.05) is 0 Å². The summed E-state index contributed by atoms with van der Waals surface area (Å²) in [4.78, 5) is 0. The van der Waals surface area contributed by atoms with Crippen LogP contribution in [0, 0.1) is 6.92 Å². The Morgan fingerprint density at radius 1 is 1.50 bits per heavy atom. The van der Waals surface area contributed by atoms with E-state index in [0.717, 1.165) is 9.95 Å². The molecule has 0 radical (unpaired) electrons. The molecule has 1 rings (SSSR count). The Hall–Kier alpha value is -0.340. The van der Waals surface area contributed by atoms with Gasteiger partial charge in [0.15, 0.2) is 0 Å². The van der Waals surface area contributed by atoms with Gasteiger partial charge in [-0.15, -0.1) is 11.8 Å². The molecular weight excluding hydrogens is 184 g/mol. The van der Waals surface area contributed by atoms with Crippen molar-refractivity contribution in [2.45, 2.75) is 13.8 Å². The molecule has 2 heteroatoms. The van der Waals surface area contributed by atoms with Crippen molar-refractivity contribution >= 4 is 28.2 Å². The highest BCUT2D eigenvalue weighted by Crippen LogP contribution is 2.14. The maximum atomic E-state index is 5.24. The first-order valence-electron chi connectivity index (χ1n) is 3.98. The van der Waals surface area contributed by atoms with E-state index in [0.29, 0.717) is 0 Å². The normalized spacial score (nSPS) is 9.83. The molecule has 0 N–H and O–H groups in total. The number of thiocarbonyl (C=S) groups is 1. The van der Waals surface area contributed by atoms with Crippen LogP contribution < -0.4 is 0 Å². The van der Waals surface area contributed by atoms with Crippen molar-refractivity contribution in [3.05, 3.63) is 35.4 Å². The van der Waals surface area contributed by atoms with Crippen LogP contribution in [0.25, 0.3) is 0 Å². The van der Waals surface area contributed by atoms with E-state index in [4.69, 9.17) is 12.2 Å². The molecule has 0 aliphatic heterocycles. The number of hydrogen-bond acceptors (Lipinski definition) is 2. The Balaban J connectivity index is 2.81. The molecule has 0 spiro atoms. The zero-order chi connectivity index (χ0) is 8.97. The molecule has 12 heavy (non-hydrogen) atoms. The van der Waals surface area contributed by atoms with Crippen molar-refractivity contribution in [3.63, 3.8) is 0 Å². The molecule has 0 nitrogen and oxygen atoms in total. The fourth-order valence-corrected chi connectivity index (χ4v) is 2.02. The molecule has 0 heterocycles. The van der Waals surface area contributed by atoms with Gasteiger partial charge in [0.2, 0.25) is 0 Å². The van der Waals surface area contributed by atoms with Gasteiger partial charge in [0.1, 0.15) is 0 Å². The number of rotatable bonds is 2. The fraction of sp³-hybridized carbons (Fsp3) is 0.300. The second-order valence-electron chi connectivity index (χ2n) is 2.59. The van der Waals surface area contributed by atoms with Crippen molar-refractivity contribution in [2.24, 2.45) is 0 Å². The van der Waals surface area contributed by atoms with Gasteiger partial charge in [0.05, 0.1) is 4.20 Å². The van der Waals surface area contributed by atoms with E-state index in [2.05, 4.69) is 32.0 Å². The molecule has 0 saturated carbocycles. The summed E-state index contributed by atoms with van der Waals surface area (Å²) in [6.45, 7) is 4.20. The van der Waals surface area contributed by atoms with E-state index in [9.17, 15) is 0 Å². The standard InChI is InChI=1S/C10H12S2/c1-3-12-10(11)9-6-4-5-8(2)7-9/h4-7H,3H2,1-2H3. The molecule has 0 bridgehead atoms. The molecule has 1 aromatic carbocycles. The van der Waals surface area contributed by atoms with Gasteiger partial charge in [-0.3, -0.25) is 0 Å². The van der Waals surface area contributed by atoms with E-state index >= 15 is 0 Å². The summed E-state index contributed by atoms with van der Waals surface area (Å²) in [7, 11) is 0. The van der Waals surface area contributed by atoms with Crippen LogP contribution >= 0.6 is 24.0 Å². The lowest BCUT2D eigenvalue weighted by atomic mass is 10.2. The minimum Gasteiger partial charge on any atom is -0.114 e. The lowest BCUT2D eigenvalue weighted by Crippen LogP contribution is -1.91. The monoisotopic (exact) mass is 196 g/mol. The van der Waals surface area contributed by atoms with Crippen LogP contribution in [0.15, 0.2) is 24.3 Å². The zero-order valence-electron chi connectivity index (χ0n) is 7.33. The number of hydrogen-bond donors (Lipinski definition) is 0. The number of benzene rings is 1. The highest BCUT2D eigenvalue weighted by molar-refractivity contribution is 8.23. The third-order valence-electron chi connectivity index (χ3n) is 1.53. The SMILES string of the molecule is CCSC(=S)c1cccc(C)c1. The summed E-state index contributed by atoms with van der Waals surface area (Å²) in [5.74, 6) is 1.05. The molecular formula is C10H12S2. The first kappa shape index (κ1) is 9.75. The summed E-state index contributed by atoms with van der Waals surface area (Å²) >= 11 is 6.97. The maximum Gasteiger partial charge on any atom is 0.0778 e. The van der Waals surface area contributed by atoms with Gasteiger partial charge >= 0.3 is 0 Å². The second kappa shape index (κ2) is 4.63. The predicted molar refractivity (Wildman–Crippen MR) is 61.0 cm³/mol. The van der Waals surface area contributed by atoms with Crippen LogP contribution in [0.1, 0.15) is 18.1 Å². The van der Waals surface area contributed by atoms with Crippen molar-refractivity contribution in [3.8, 4) is 0 Å². The molecule has 0 aromatic heterocycles. The number of aryl methyl sites for hydroxylation is 1.